The molecule has 0 fully saturated rings. The summed E-state index contributed by atoms with van der Waals surface area (Å²) < 4.78 is 4.89. The fourth-order valence-corrected chi connectivity index (χ4v) is 2.20. The van der Waals surface area contributed by atoms with E-state index in [-0.39, 0.29) is 11.9 Å². The van der Waals surface area contributed by atoms with Gasteiger partial charge in [0.25, 0.3) is 0 Å². The lowest BCUT2D eigenvalue weighted by molar-refractivity contribution is -0.120. The van der Waals surface area contributed by atoms with Gasteiger partial charge in [0.15, 0.2) is 0 Å². The molecule has 0 saturated carbocycles. The summed E-state index contributed by atoms with van der Waals surface area (Å²) in [6.45, 7) is 3.44. The van der Waals surface area contributed by atoms with E-state index in [0.29, 0.717) is 19.7 Å². The summed E-state index contributed by atoms with van der Waals surface area (Å²) in [4.78, 5) is 11.6. The number of fused-ring (bicyclic) bond motifs is 1. The highest BCUT2D eigenvalue weighted by Crippen LogP contribution is 2.19. The molecule has 2 aromatic carbocycles. The molecule has 2 N–H and O–H groups in total. The van der Waals surface area contributed by atoms with Crippen LogP contribution < -0.4 is 10.6 Å². The maximum absolute atomic E-state index is 11.6. The van der Waals surface area contributed by atoms with Crippen LogP contribution >= 0.6 is 0 Å². The van der Waals surface area contributed by atoms with Crippen molar-refractivity contribution in [2.24, 2.45) is 0 Å². The van der Waals surface area contributed by atoms with Crippen molar-refractivity contribution in [1.29, 1.82) is 0 Å². The first kappa shape index (κ1) is 15.5. The Morgan fingerprint density at radius 1 is 1.19 bits per heavy atom. The topological polar surface area (TPSA) is 50.4 Å². The second-order valence-electron chi connectivity index (χ2n) is 5.05. The van der Waals surface area contributed by atoms with Crippen molar-refractivity contribution >= 4 is 16.7 Å². The standard InChI is InChI=1S/C17H22N2O2/c1-13(19-12-17(20)18-9-10-21-2)15-8-7-14-5-3-4-6-16(14)11-15/h3-8,11,13,19H,9-10,12H2,1-2H3,(H,18,20). The SMILES string of the molecule is COCCNC(=O)CNC(C)c1ccc2ccccc2c1. The van der Waals surface area contributed by atoms with E-state index in [4.69, 9.17) is 4.74 Å². The average molecular weight is 286 g/mol. The Morgan fingerprint density at radius 3 is 2.71 bits per heavy atom. The molecule has 0 heterocycles. The number of rotatable bonds is 7. The number of carbonyl (C=O) groups excluding carboxylic acids is 1. The van der Waals surface area contributed by atoms with E-state index >= 15 is 0 Å². The van der Waals surface area contributed by atoms with Crippen molar-refractivity contribution in [2.45, 2.75) is 13.0 Å². The van der Waals surface area contributed by atoms with E-state index in [9.17, 15) is 4.79 Å². The van der Waals surface area contributed by atoms with Crippen LogP contribution in [-0.4, -0.2) is 32.7 Å². The lowest BCUT2D eigenvalue weighted by Gasteiger charge is -2.15. The smallest absolute Gasteiger partial charge is 0.234 e. The van der Waals surface area contributed by atoms with Crippen LogP contribution in [0.1, 0.15) is 18.5 Å². The molecule has 0 spiro atoms. The van der Waals surface area contributed by atoms with Crippen LogP contribution in [0.5, 0.6) is 0 Å². The number of nitrogens with one attached hydrogen (secondary N) is 2. The Morgan fingerprint density at radius 2 is 1.95 bits per heavy atom. The van der Waals surface area contributed by atoms with Crippen molar-refractivity contribution in [3.05, 3.63) is 48.0 Å². The molecule has 112 valence electrons. The molecule has 1 unspecified atom stereocenters. The number of ether oxygens (including phenoxy) is 1. The molecule has 0 bridgehead atoms. The number of hydrogen-bond donors (Lipinski definition) is 2. The summed E-state index contributed by atoms with van der Waals surface area (Å²) in [6, 6.07) is 14.8. The lowest BCUT2D eigenvalue weighted by atomic mass is 10.0. The predicted octanol–water partition coefficient (Wildman–Crippen LogP) is 2.25. The number of hydrogen-bond acceptors (Lipinski definition) is 3. The minimum atomic E-state index is -0.0142. The fourth-order valence-electron chi connectivity index (χ4n) is 2.20. The van der Waals surface area contributed by atoms with Crippen molar-refractivity contribution in [2.75, 3.05) is 26.8 Å². The highest BCUT2D eigenvalue weighted by molar-refractivity contribution is 5.83. The molecule has 0 radical (unpaired) electrons. The van der Waals surface area contributed by atoms with Crippen molar-refractivity contribution < 1.29 is 9.53 Å². The average Bonchev–Trinajstić information content (AvgIpc) is 2.52. The normalized spacial score (nSPS) is 12.3. The number of carbonyl (C=O) groups is 1. The molecule has 2 rings (SSSR count). The maximum atomic E-state index is 11.6. The van der Waals surface area contributed by atoms with E-state index in [1.54, 1.807) is 7.11 Å². The molecule has 2 aromatic rings. The van der Waals surface area contributed by atoms with E-state index in [1.807, 2.05) is 12.1 Å². The van der Waals surface area contributed by atoms with Crippen LogP contribution in [0.25, 0.3) is 10.8 Å². The van der Waals surface area contributed by atoms with Gasteiger partial charge in [0, 0.05) is 19.7 Å². The zero-order chi connectivity index (χ0) is 15.1. The second kappa shape index (κ2) is 7.76. The molecular weight excluding hydrogens is 264 g/mol. The molecule has 0 aliphatic carbocycles. The van der Waals surface area contributed by atoms with Gasteiger partial charge >= 0.3 is 0 Å². The van der Waals surface area contributed by atoms with Crippen LogP contribution in [0.3, 0.4) is 0 Å². The van der Waals surface area contributed by atoms with E-state index < -0.39 is 0 Å². The Bertz CT molecular complexity index is 598. The van der Waals surface area contributed by atoms with Gasteiger partial charge in [0.1, 0.15) is 0 Å². The number of amides is 1. The summed E-state index contributed by atoms with van der Waals surface area (Å²) in [5.41, 5.74) is 1.18. The largest absolute Gasteiger partial charge is 0.383 e. The third-order valence-corrected chi connectivity index (χ3v) is 3.47. The third kappa shape index (κ3) is 4.55. The molecule has 1 amide bonds. The second-order valence-corrected chi connectivity index (χ2v) is 5.05. The monoisotopic (exact) mass is 286 g/mol. The summed E-state index contributed by atoms with van der Waals surface area (Å²) in [6.07, 6.45) is 0. The third-order valence-electron chi connectivity index (χ3n) is 3.47. The molecule has 4 heteroatoms. The van der Waals surface area contributed by atoms with Gasteiger partial charge in [-0.2, -0.15) is 0 Å². The fraction of sp³-hybridized carbons (Fsp3) is 0.353. The van der Waals surface area contributed by atoms with Gasteiger partial charge < -0.3 is 15.4 Å². The summed E-state index contributed by atoms with van der Waals surface area (Å²) in [5.74, 6) is -0.0142. The number of methoxy groups -OCH3 is 1. The number of benzene rings is 2. The molecule has 0 aliphatic rings. The minimum absolute atomic E-state index is 0.0142. The minimum Gasteiger partial charge on any atom is -0.383 e. The summed E-state index contributed by atoms with van der Waals surface area (Å²) >= 11 is 0. The molecule has 0 saturated heterocycles. The van der Waals surface area contributed by atoms with Crippen LogP contribution in [0.2, 0.25) is 0 Å². The molecule has 1 atom stereocenters. The zero-order valence-electron chi connectivity index (χ0n) is 12.6. The van der Waals surface area contributed by atoms with Crippen molar-refractivity contribution in [1.82, 2.24) is 10.6 Å². The van der Waals surface area contributed by atoms with Gasteiger partial charge in [-0.05, 0) is 29.3 Å². The molecule has 0 aromatic heterocycles. The Balaban J connectivity index is 1.89. The van der Waals surface area contributed by atoms with Gasteiger partial charge in [-0.1, -0.05) is 36.4 Å². The van der Waals surface area contributed by atoms with Crippen LogP contribution in [0.15, 0.2) is 42.5 Å². The van der Waals surface area contributed by atoms with Gasteiger partial charge in [-0.15, -0.1) is 0 Å². The zero-order valence-corrected chi connectivity index (χ0v) is 12.6. The predicted molar refractivity (Wildman–Crippen MR) is 85.3 cm³/mol. The quantitative estimate of drug-likeness (QED) is 0.768. The van der Waals surface area contributed by atoms with E-state index in [2.05, 4.69) is 47.9 Å². The molecular formula is C17H22N2O2. The Labute approximate surface area is 125 Å². The van der Waals surface area contributed by atoms with E-state index in [1.165, 1.54) is 16.3 Å². The van der Waals surface area contributed by atoms with Gasteiger partial charge in [0.2, 0.25) is 5.91 Å². The lowest BCUT2D eigenvalue weighted by Crippen LogP contribution is -2.36. The Hall–Kier alpha value is -1.91. The summed E-state index contributed by atoms with van der Waals surface area (Å²) in [7, 11) is 1.62. The van der Waals surface area contributed by atoms with Gasteiger partial charge in [0.05, 0.1) is 13.2 Å². The molecule has 4 nitrogen and oxygen atoms in total. The highest BCUT2D eigenvalue weighted by Gasteiger charge is 2.08. The maximum Gasteiger partial charge on any atom is 0.234 e. The summed E-state index contributed by atoms with van der Waals surface area (Å²) in [5, 5.41) is 8.47. The first-order valence-corrected chi connectivity index (χ1v) is 7.18. The Kier molecular flexibility index (Phi) is 5.72. The molecule has 21 heavy (non-hydrogen) atoms. The van der Waals surface area contributed by atoms with E-state index in [0.717, 1.165) is 0 Å². The van der Waals surface area contributed by atoms with Crippen LogP contribution in [0.4, 0.5) is 0 Å². The highest BCUT2D eigenvalue weighted by atomic mass is 16.5. The first-order chi connectivity index (χ1) is 10.2. The molecule has 0 aliphatic heterocycles. The van der Waals surface area contributed by atoms with Crippen molar-refractivity contribution in [3.8, 4) is 0 Å². The van der Waals surface area contributed by atoms with Crippen LogP contribution in [0, 0.1) is 0 Å². The van der Waals surface area contributed by atoms with Gasteiger partial charge in [-0.25, -0.2) is 0 Å². The van der Waals surface area contributed by atoms with Crippen LogP contribution in [-0.2, 0) is 9.53 Å². The van der Waals surface area contributed by atoms with Crippen molar-refractivity contribution in [3.63, 3.8) is 0 Å². The first-order valence-electron chi connectivity index (χ1n) is 7.18. The van der Waals surface area contributed by atoms with Gasteiger partial charge in [-0.3, -0.25) is 4.79 Å².